The van der Waals surface area contributed by atoms with Gasteiger partial charge < -0.3 is 4.90 Å². The average molecular weight is 423 g/mol. The summed E-state index contributed by atoms with van der Waals surface area (Å²) in [5.74, 6) is 0. The molecule has 3 N–H and O–H groups in total. The van der Waals surface area contributed by atoms with Crippen LogP contribution in [0.1, 0.15) is 5.56 Å². The Morgan fingerprint density at radius 2 is 1.59 bits per heavy atom. The molecule has 0 amide bonds. The lowest BCUT2D eigenvalue weighted by molar-refractivity contribution is -0.137. The van der Waals surface area contributed by atoms with Crippen molar-refractivity contribution in [3.05, 3.63) is 48.0 Å². The largest absolute Gasteiger partial charge is 0.416 e. The van der Waals surface area contributed by atoms with Crippen LogP contribution in [-0.4, -0.2) is 30.9 Å². The van der Waals surface area contributed by atoms with E-state index in [1.807, 2.05) is 0 Å². The molecule has 0 aliphatic carbocycles. The Balaban J connectivity index is 2.55. The minimum Gasteiger partial charge on any atom is -0.376 e. The zero-order chi connectivity index (χ0) is 20.6. The van der Waals surface area contributed by atoms with Gasteiger partial charge in [0.15, 0.2) is 0 Å². The van der Waals surface area contributed by atoms with Gasteiger partial charge in [0.2, 0.25) is 10.0 Å². The zero-order valence-corrected chi connectivity index (χ0v) is 15.8. The van der Waals surface area contributed by atoms with Crippen molar-refractivity contribution in [1.29, 1.82) is 0 Å². The first-order valence-electron chi connectivity index (χ1n) is 7.26. The summed E-state index contributed by atoms with van der Waals surface area (Å²) in [6.07, 6.45) is -4.71. The van der Waals surface area contributed by atoms with Gasteiger partial charge in [-0.25, -0.2) is 22.0 Å². The quantitative estimate of drug-likeness (QED) is 0.766. The monoisotopic (exact) mass is 423 g/mol. The lowest BCUT2D eigenvalue weighted by Crippen LogP contribution is -2.19. The molecule has 0 atom stereocenters. The van der Waals surface area contributed by atoms with Gasteiger partial charge in [0.05, 0.1) is 26.7 Å². The van der Waals surface area contributed by atoms with E-state index in [4.69, 9.17) is 5.14 Å². The van der Waals surface area contributed by atoms with Crippen LogP contribution in [0.25, 0.3) is 0 Å². The molecule has 2 rings (SSSR count). The van der Waals surface area contributed by atoms with Crippen LogP contribution in [0, 0.1) is 0 Å². The second kappa shape index (κ2) is 7.02. The third-order valence-electron chi connectivity index (χ3n) is 3.49. The third kappa shape index (κ3) is 4.90. The fraction of sp³-hybridized carbons (Fsp3) is 0.200. The first kappa shape index (κ1) is 21.0. The second-order valence-electron chi connectivity index (χ2n) is 5.75. The molecule has 27 heavy (non-hydrogen) atoms. The molecule has 0 aliphatic heterocycles. The van der Waals surface area contributed by atoms with E-state index < -0.39 is 36.7 Å². The van der Waals surface area contributed by atoms with E-state index in [2.05, 4.69) is 4.72 Å². The maximum absolute atomic E-state index is 12.8. The molecular weight excluding hydrogens is 407 g/mol. The molecule has 0 heterocycles. The van der Waals surface area contributed by atoms with Gasteiger partial charge in [-0.1, -0.05) is 6.07 Å². The number of rotatable bonds is 5. The van der Waals surface area contributed by atoms with Crippen LogP contribution in [0.3, 0.4) is 0 Å². The fourth-order valence-electron chi connectivity index (χ4n) is 2.21. The number of hydrogen-bond acceptors (Lipinski definition) is 5. The normalized spacial score (nSPS) is 12.7. The summed E-state index contributed by atoms with van der Waals surface area (Å²) in [4.78, 5) is 0.523. The van der Waals surface area contributed by atoms with E-state index in [9.17, 15) is 30.0 Å². The molecular formula is C15H16F3N3O4S2. The van der Waals surface area contributed by atoms with E-state index in [0.29, 0.717) is 6.07 Å². The summed E-state index contributed by atoms with van der Waals surface area (Å²) in [5.41, 5.74) is -0.988. The molecule has 12 heteroatoms. The number of primary sulfonamides is 1. The van der Waals surface area contributed by atoms with E-state index in [0.717, 1.165) is 24.3 Å². The predicted molar refractivity (Wildman–Crippen MR) is 94.4 cm³/mol. The SMILES string of the molecule is CN(C)c1ccc(S(N)(=O)=O)cc1NS(=O)(=O)c1cccc(C(F)(F)F)c1. The minimum atomic E-state index is -4.71. The highest BCUT2D eigenvalue weighted by Crippen LogP contribution is 2.32. The smallest absolute Gasteiger partial charge is 0.376 e. The molecule has 0 unspecified atom stereocenters. The Hall–Kier alpha value is -2.31. The van der Waals surface area contributed by atoms with Crippen LogP contribution in [0.5, 0.6) is 0 Å². The minimum absolute atomic E-state index is 0.149. The van der Waals surface area contributed by atoms with Gasteiger partial charge in [0.1, 0.15) is 0 Å². The molecule has 0 saturated carbocycles. The number of alkyl halides is 3. The Morgan fingerprint density at radius 1 is 0.963 bits per heavy atom. The number of nitrogens with two attached hydrogens (primary N) is 1. The number of sulfonamides is 2. The first-order chi connectivity index (χ1) is 12.2. The fourth-order valence-corrected chi connectivity index (χ4v) is 3.86. The summed E-state index contributed by atoms with van der Waals surface area (Å²) in [6.45, 7) is 0. The van der Waals surface area contributed by atoms with Crippen LogP contribution >= 0.6 is 0 Å². The summed E-state index contributed by atoms with van der Waals surface area (Å²) in [5, 5.41) is 5.05. The van der Waals surface area contributed by atoms with Crippen LogP contribution in [0.2, 0.25) is 0 Å². The average Bonchev–Trinajstić information content (AvgIpc) is 2.52. The van der Waals surface area contributed by atoms with Gasteiger partial charge in [-0.3, -0.25) is 4.72 Å². The van der Waals surface area contributed by atoms with Gasteiger partial charge in [-0.05, 0) is 36.4 Å². The number of hydrogen-bond donors (Lipinski definition) is 2. The Bertz CT molecular complexity index is 1070. The molecule has 2 aromatic rings. The van der Waals surface area contributed by atoms with E-state index in [1.165, 1.54) is 17.0 Å². The van der Waals surface area contributed by atoms with Gasteiger partial charge in [0.25, 0.3) is 10.0 Å². The summed E-state index contributed by atoms with van der Waals surface area (Å²) < 4.78 is 88.7. The molecule has 0 radical (unpaired) electrons. The molecule has 0 fully saturated rings. The molecule has 0 aliphatic rings. The van der Waals surface area contributed by atoms with Crippen molar-refractivity contribution in [3.8, 4) is 0 Å². The highest BCUT2D eigenvalue weighted by Gasteiger charge is 2.32. The van der Waals surface area contributed by atoms with Gasteiger partial charge in [-0.2, -0.15) is 13.2 Å². The van der Waals surface area contributed by atoms with Crippen LogP contribution in [0.4, 0.5) is 24.5 Å². The van der Waals surface area contributed by atoms with Crippen molar-refractivity contribution in [2.75, 3.05) is 23.7 Å². The van der Waals surface area contributed by atoms with Crippen molar-refractivity contribution in [3.63, 3.8) is 0 Å². The summed E-state index contributed by atoms with van der Waals surface area (Å²) in [6, 6.07) is 6.70. The van der Waals surface area contributed by atoms with Crippen LogP contribution in [0.15, 0.2) is 52.3 Å². The van der Waals surface area contributed by atoms with Crippen LogP contribution in [-0.2, 0) is 26.2 Å². The molecule has 0 spiro atoms. The topological polar surface area (TPSA) is 110 Å². The highest BCUT2D eigenvalue weighted by atomic mass is 32.2. The molecule has 0 saturated heterocycles. The van der Waals surface area contributed by atoms with Crippen LogP contribution < -0.4 is 14.8 Å². The van der Waals surface area contributed by atoms with Crippen molar-refractivity contribution >= 4 is 31.4 Å². The third-order valence-corrected chi connectivity index (χ3v) is 5.77. The maximum Gasteiger partial charge on any atom is 0.416 e. The number of nitrogens with one attached hydrogen (secondary N) is 1. The number of nitrogens with zero attached hydrogens (tertiary/aromatic N) is 1. The van der Waals surface area contributed by atoms with Crippen molar-refractivity contribution in [2.45, 2.75) is 16.0 Å². The standard InChI is InChI=1S/C15H16F3N3O4S2/c1-21(2)14-7-6-11(26(19,22)23)9-13(14)20-27(24,25)12-5-3-4-10(8-12)15(16,17)18/h3-9,20H,1-2H3,(H2,19,22,23). The molecule has 7 nitrogen and oxygen atoms in total. The summed E-state index contributed by atoms with van der Waals surface area (Å²) in [7, 11) is -5.39. The molecule has 2 aromatic carbocycles. The Kier molecular flexibility index (Phi) is 5.46. The van der Waals surface area contributed by atoms with Gasteiger partial charge in [-0.15, -0.1) is 0 Å². The van der Waals surface area contributed by atoms with Crippen molar-refractivity contribution < 1.29 is 30.0 Å². The number of anilines is 2. The van der Waals surface area contributed by atoms with Crippen molar-refractivity contribution in [2.24, 2.45) is 5.14 Å². The Labute approximate surface area is 154 Å². The highest BCUT2D eigenvalue weighted by molar-refractivity contribution is 7.92. The first-order valence-corrected chi connectivity index (χ1v) is 10.3. The summed E-state index contributed by atoms with van der Waals surface area (Å²) >= 11 is 0. The van der Waals surface area contributed by atoms with E-state index >= 15 is 0 Å². The molecule has 0 bridgehead atoms. The van der Waals surface area contributed by atoms with E-state index in [1.54, 1.807) is 14.1 Å². The van der Waals surface area contributed by atoms with Gasteiger partial charge >= 0.3 is 6.18 Å². The second-order valence-corrected chi connectivity index (χ2v) is 8.99. The van der Waals surface area contributed by atoms with Gasteiger partial charge in [0, 0.05) is 14.1 Å². The number of halogens is 3. The lowest BCUT2D eigenvalue weighted by Gasteiger charge is -2.19. The zero-order valence-electron chi connectivity index (χ0n) is 14.1. The van der Waals surface area contributed by atoms with E-state index in [-0.39, 0.29) is 16.3 Å². The Morgan fingerprint density at radius 3 is 2.11 bits per heavy atom. The predicted octanol–water partition coefficient (Wildman–Crippen LogP) is 2.22. The van der Waals surface area contributed by atoms with Crippen molar-refractivity contribution in [1.82, 2.24) is 0 Å². The lowest BCUT2D eigenvalue weighted by atomic mass is 10.2. The maximum atomic E-state index is 12.8. The molecule has 148 valence electrons. The molecule has 0 aromatic heterocycles. The number of benzene rings is 2.